The van der Waals surface area contributed by atoms with Gasteiger partial charge in [-0.15, -0.1) is 0 Å². The standard InChI is InChI=1S/C17H24N2O6S/c1-2-25-14-3-5-15(6-4-14)26(23,24)19-11-8-13(9-12-19)17(22)18-10-7-16(20)21/h3-6,13H,2,7-12H2,1H3,(H,18,22)(H,20,21). The molecule has 2 rings (SSSR count). The van der Waals surface area contributed by atoms with Crippen LogP contribution in [0.25, 0.3) is 0 Å². The molecule has 1 amide bonds. The molecule has 8 nitrogen and oxygen atoms in total. The highest BCUT2D eigenvalue weighted by atomic mass is 32.2. The van der Waals surface area contributed by atoms with E-state index >= 15 is 0 Å². The molecule has 0 aliphatic carbocycles. The molecule has 2 N–H and O–H groups in total. The first kappa shape index (κ1) is 20.2. The Morgan fingerprint density at radius 2 is 1.85 bits per heavy atom. The summed E-state index contributed by atoms with van der Waals surface area (Å²) in [7, 11) is -3.60. The number of benzene rings is 1. The first-order valence-corrected chi connectivity index (χ1v) is 10.0. The maximum atomic E-state index is 12.7. The number of aliphatic carboxylic acids is 1. The maximum absolute atomic E-state index is 12.7. The molecule has 1 heterocycles. The zero-order valence-electron chi connectivity index (χ0n) is 14.7. The predicted molar refractivity (Wildman–Crippen MR) is 94.4 cm³/mol. The number of nitrogens with one attached hydrogen (secondary N) is 1. The van der Waals surface area contributed by atoms with E-state index in [4.69, 9.17) is 9.84 Å². The Morgan fingerprint density at radius 1 is 1.23 bits per heavy atom. The first-order chi connectivity index (χ1) is 12.3. The van der Waals surface area contributed by atoms with Gasteiger partial charge in [-0.3, -0.25) is 9.59 Å². The Morgan fingerprint density at radius 3 is 2.38 bits per heavy atom. The number of carbonyl (C=O) groups is 2. The van der Waals surface area contributed by atoms with Crippen LogP contribution in [0, 0.1) is 5.92 Å². The van der Waals surface area contributed by atoms with Crippen molar-refractivity contribution in [3.63, 3.8) is 0 Å². The molecule has 0 saturated carbocycles. The molecule has 1 aliphatic heterocycles. The maximum Gasteiger partial charge on any atom is 0.305 e. The highest BCUT2D eigenvalue weighted by molar-refractivity contribution is 7.89. The van der Waals surface area contributed by atoms with Crippen LogP contribution in [0.15, 0.2) is 29.2 Å². The number of hydrogen-bond acceptors (Lipinski definition) is 5. The lowest BCUT2D eigenvalue weighted by atomic mass is 9.97. The molecule has 0 bridgehead atoms. The highest BCUT2D eigenvalue weighted by Crippen LogP contribution is 2.25. The molecule has 0 aromatic heterocycles. The van der Waals surface area contributed by atoms with Crippen LogP contribution in [0.5, 0.6) is 5.75 Å². The van der Waals surface area contributed by atoms with E-state index in [9.17, 15) is 18.0 Å². The smallest absolute Gasteiger partial charge is 0.305 e. The molecule has 1 aliphatic rings. The Bertz CT molecular complexity index is 724. The molecule has 0 unspecified atom stereocenters. The fourth-order valence-electron chi connectivity index (χ4n) is 2.82. The molecule has 9 heteroatoms. The number of nitrogens with zero attached hydrogens (tertiary/aromatic N) is 1. The summed E-state index contributed by atoms with van der Waals surface area (Å²) in [4.78, 5) is 22.7. The molecule has 1 fully saturated rings. The summed E-state index contributed by atoms with van der Waals surface area (Å²) in [6.07, 6.45) is 0.695. The third-order valence-corrected chi connectivity index (χ3v) is 6.15. The van der Waals surface area contributed by atoms with Crippen LogP contribution in [0.1, 0.15) is 26.2 Å². The van der Waals surface area contributed by atoms with Gasteiger partial charge in [0.05, 0.1) is 17.9 Å². The van der Waals surface area contributed by atoms with Crippen molar-refractivity contribution < 1.29 is 27.9 Å². The van der Waals surface area contributed by atoms with Crippen LogP contribution >= 0.6 is 0 Å². The van der Waals surface area contributed by atoms with Crippen LogP contribution in [0.4, 0.5) is 0 Å². The summed E-state index contributed by atoms with van der Waals surface area (Å²) in [6.45, 7) is 2.96. The van der Waals surface area contributed by atoms with Crippen molar-refractivity contribution in [1.29, 1.82) is 0 Å². The lowest BCUT2D eigenvalue weighted by Gasteiger charge is -2.30. The molecule has 0 spiro atoms. The summed E-state index contributed by atoms with van der Waals surface area (Å²) < 4.78 is 32.1. The van der Waals surface area contributed by atoms with E-state index in [1.165, 1.54) is 16.4 Å². The van der Waals surface area contributed by atoms with E-state index in [0.717, 1.165) is 0 Å². The fourth-order valence-corrected chi connectivity index (χ4v) is 4.29. The third-order valence-electron chi connectivity index (χ3n) is 4.24. The highest BCUT2D eigenvalue weighted by Gasteiger charge is 2.32. The van der Waals surface area contributed by atoms with Crippen molar-refractivity contribution in [1.82, 2.24) is 9.62 Å². The van der Waals surface area contributed by atoms with Crippen LogP contribution in [0.3, 0.4) is 0 Å². The van der Waals surface area contributed by atoms with E-state index in [0.29, 0.717) is 25.2 Å². The number of piperidine rings is 1. The molecule has 1 aromatic rings. The molecule has 1 aromatic carbocycles. The van der Waals surface area contributed by atoms with Crippen molar-refractivity contribution in [2.24, 2.45) is 5.92 Å². The average molecular weight is 384 g/mol. The van der Waals surface area contributed by atoms with Crippen molar-refractivity contribution in [3.05, 3.63) is 24.3 Å². The van der Waals surface area contributed by atoms with E-state index in [2.05, 4.69) is 5.32 Å². The zero-order chi connectivity index (χ0) is 19.2. The van der Waals surface area contributed by atoms with Gasteiger partial charge in [-0.2, -0.15) is 4.31 Å². The van der Waals surface area contributed by atoms with E-state index < -0.39 is 16.0 Å². The van der Waals surface area contributed by atoms with Crippen molar-refractivity contribution in [2.75, 3.05) is 26.2 Å². The van der Waals surface area contributed by atoms with Crippen molar-refractivity contribution in [2.45, 2.75) is 31.1 Å². The number of rotatable bonds is 8. The number of carboxylic acid groups (broad SMARTS) is 1. The van der Waals surface area contributed by atoms with Crippen molar-refractivity contribution >= 4 is 21.9 Å². The van der Waals surface area contributed by atoms with Gasteiger partial charge in [0.25, 0.3) is 0 Å². The largest absolute Gasteiger partial charge is 0.494 e. The minimum atomic E-state index is -3.60. The van der Waals surface area contributed by atoms with Gasteiger partial charge in [0.2, 0.25) is 15.9 Å². The van der Waals surface area contributed by atoms with Crippen LogP contribution < -0.4 is 10.1 Å². The Kier molecular flexibility index (Phi) is 6.98. The summed E-state index contributed by atoms with van der Waals surface area (Å²) in [5.41, 5.74) is 0. The van der Waals surface area contributed by atoms with Gasteiger partial charge in [0.1, 0.15) is 5.75 Å². The van der Waals surface area contributed by atoms with Gasteiger partial charge < -0.3 is 15.2 Å². The third kappa shape index (κ3) is 5.18. The minimum absolute atomic E-state index is 0.0822. The number of amides is 1. The van der Waals surface area contributed by atoms with Gasteiger partial charge in [0.15, 0.2) is 0 Å². The second-order valence-electron chi connectivity index (χ2n) is 6.02. The lowest BCUT2D eigenvalue weighted by molar-refractivity contribution is -0.137. The quantitative estimate of drug-likeness (QED) is 0.693. The number of ether oxygens (including phenoxy) is 1. The summed E-state index contributed by atoms with van der Waals surface area (Å²) in [6, 6.07) is 6.29. The van der Waals surface area contributed by atoms with Crippen molar-refractivity contribution in [3.8, 4) is 5.75 Å². The minimum Gasteiger partial charge on any atom is -0.494 e. The SMILES string of the molecule is CCOc1ccc(S(=O)(=O)N2CCC(C(=O)NCCC(=O)O)CC2)cc1. The predicted octanol–water partition coefficient (Wildman–Crippen LogP) is 1.08. The monoisotopic (exact) mass is 384 g/mol. The first-order valence-electron chi connectivity index (χ1n) is 8.57. The van der Waals surface area contributed by atoms with Crippen LogP contribution in [-0.4, -0.2) is 55.9 Å². The summed E-state index contributed by atoms with van der Waals surface area (Å²) in [5, 5.41) is 11.2. The average Bonchev–Trinajstić information content (AvgIpc) is 2.62. The molecule has 144 valence electrons. The van der Waals surface area contributed by atoms with Crippen LogP contribution in [0.2, 0.25) is 0 Å². The van der Waals surface area contributed by atoms with Gasteiger partial charge in [0, 0.05) is 25.6 Å². The molecular formula is C17H24N2O6S. The fraction of sp³-hybridized carbons (Fsp3) is 0.529. The number of sulfonamides is 1. The van der Waals surface area contributed by atoms with E-state index in [-0.39, 0.29) is 42.8 Å². The van der Waals surface area contributed by atoms with Gasteiger partial charge >= 0.3 is 5.97 Å². The molecule has 1 saturated heterocycles. The summed E-state index contributed by atoms with van der Waals surface area (Å²) >= 11 is 0. The Hall–Kier alpha value is -2.13. The second kappa shape index (κ2) is 9.00. The molecule has 0 radical (unpaired) electrons. The Labute approximate surface area is 153 Å². The normalized spacial score (nSPS) is 16.2. The van der Waals surface area contributed by atoms with Gasteiger partial charge in [-0.25, -0.2) is 8.42 Å². The number of hydrogen-bond donors (Lipinski definition) is 2. The molecule has 0 atom stereocenters. The molecule has 26 heavy (non-hydrogen) atoms. The topological polar surface area (TPSA) is 113 Å². The lowest BCUT2D eigenvalue weighted by Crippen LogP contribution is -2.43. The van der Waals surface area contributed by atoms with Gasteiger partial charge in [-0.05, 0) is 44.0 Å². The number of carboxylic acids is 1. The van der Waals surface area contributed by atoms with E-state index in [1.807, 2.05) is 6.92 Å². The Balaban J connectivity index is 1.91. The number of carbonyl (C=O) groups excluding carboxylic acids is 1. The second-order valence-corrected chi connectivity index (χ2v) is 7.96. The van der Waals surface area contributed by atoms with E-state index in [1.54, 1.807) is 12.1 Å². The van der Waals surface area contributed by atoms with Crippen LogP contribution in [-0.2, 0) is 19.6 Å². The molecular weight excluding hydrogens is 360 g/mol. The summed E-state index contributed by atoms with van der Waals surface area (Å²) in [5.74, 6) is -0.871. The van der Waals surface area contributed by atoms with Gasteiger partial charge in [-0.1, -0.05) is 0 Å². The zero-order valence-corrected chi connectivity index (χ0v) is 15.5.